The number of aliphatic imine (C=N–C) groups is 2. The summed E-state index contributed by atoms with van der Waals surface area (Å²) in [5.41, 5.74) is 2.61. The van der Waals surface area contributed by atoms with Crippen molar-refractivity contribution in [3.05, 3.63) is 12.1 Å². The molecule has 0 radical (unpaired) electrons. The first kappa shape index (κ1) is 15.6. The van der Waals surface area contributed by atoms with Gasteiger partial charge < -0.3 is 0 Å². The molecule has 0 heterocycles. The van der Waals surface area contributed by atoms with Crippen LogP contribution in [-0.4, -0.2) is 24.5 Å². The van der Waals surface area contributed by atoms with E-state index in [4.69, 9.17) is 0 Å². The highest BCUT2D eigenvalue weighted by Crippen LogP contribution is 2.54. The first-order chi connectivity index (χ1) is 9.13. The van der Waals surface area contributed by atoms with Crippen molar-refractivity contribution in [2.45, 2.75) is 12.4 Å². The topological polar surface area (TPSA) is 58.9 Å². The molecule has 20 heavy (non-hydrogen) atoms. The number of fused-ring (bicyclic) bond motifs is 1. The van der Waals surface area contributed by atoms with Crippen LogP contribution < -0.4 is 0 Å². The molecule has 0 amide bonds. The molecule has 0 saturated carbocycles. The van der Waals surface area contributed by atoms with Gasteiger partial charge >= 0.3 is 12.4 Å². The van der Waals surface area contributed by atoms with Gasteiger partial charge in [-0.15, -0.1) is 0 Å². The van der Waals surface area contributed by atoms with Gasteiger partial charge in [0.2, 0.25) is 12.2 Å². The Morgan fingerprint density at radius 2 is 1.05 bits per heavy atom. The second-order valence-corrected chi connectivity index (χ2v) is 3.26. The molecule has 2 aliphatic rings. The fraction of sp³-hybridized carbons (Fsp3) is 0.200. The summed E-state index contributed by atoms with van der Waals surface area (Å²) in [6.07, 6.45) is -9.32. The van der Waals surface area contributed by atoms with Gasteiger partial charge in [-0.1, -0.05) is 12.1 Å². The third-order valence-corrected chi connectivity index (χ3v) is 2.08. The molecule has 0 aliphatic heterocycles. The number of carbonyl (C=O) groups excluding carboxylic acids is 2. The van der Waals surface area contributed by atoms with Crippen molar-refractivity contribution >= 4 is 23.5 Å². The monoisotopic (exact) mass is 296 g/mol. The van der Waals surface area contributed by atoms with Gasteiger partial charge in [-0.2, -0.15) is 36.3 Å². The number of halogens is 6. The summed E-state index contributed by atoms with van der Waals surface area (Å²) >= 11 is 0. The number of hydrogen-bond donors (Lipinski definition) is 0. The van der Waals surface area contributed by atoms with Gasteiger partial charge in [0.25, 0.3) is 0 Å². The number of benzene rings is 1. The zero-order chi connectivity index (χ0) is 15.6. The summed E-state index contributed by atoms with van der Waals surface area (Å²) in [6.45, 7) is 0. The highest BCUT2D eigenvalue weighted by Gasteiger charge is 2.58. The van der Waals surface area contributed by atoms with Crippen molar-refractivity contribution in [1.82, 2.24) is 0 Å². The fourth-order valence-electron chi connectivity index (χ4n) is 1.17. The molecule has 2 rings (SSSR count). The molecule has 0 atom stereocenters. The SMILES string of the molecule is FC(F)(F)C(F)(F)F.O=C=Nc1c2ccc-2c1N=C=O. The Morgan fingerprint density at radius 1 is 0.750 bits per heavy atom. The molecule has 0 fully saturated rings. The van der Waals surface area contributed by atoms with E-state index in [2.05, 4.69) is 9.98 Å². The van der Waals surface area contributed by atoms with Crippen molar-refractivity contribution in [2.75, 3.05) is 0 Å². The Balaban J connectivity index is 0.000000221. The minimum atomic E-state index is -6.06. The number of alkyl halides is 6. The van der Waals surface area contributed by atoms with Crippen LogP contribution >= 0.6 is 0 Å². The van der Waals surface area contributed by atoms with Crippen molar-refractivity contribution < 1.29 is 35.9 Å². The lowest BCUT2D eigenvalue weighted by molar-refractivity contribution is -0.339. The highest BCUT2D eigenvalue weighted by atomic mass is 19.5. The van der Waals surface area contributed by atoms with Crippen molar-refractivity contribution in [1.29, 1.82) is 0 Å². The first-order valence-corrected chi connectivity index (χ1v) is 4.60. The maximum atomic E-state index is 10.4. The number of nitrogens with zero attached hydrogens (tertiary/aromatic N) is 2. The molecular weight excluding hydrogens is 294 g/mol. The molecule has 0 spiro atoms. The molecule has 0 unspecified atom stereocenters. The summed E-state index contributed by atoms with van der Waals surface area (Å²) in [7, 11) is 0. The van der Waals surface area contributed by atoms with Gasteiger partial charge in [0.1, 0.15) is 11.4 Å². The second-order valence-electron chi connectivity index (χ2n) is 3.26. The normalized spacial score (nSPS) is 11.5. The van der Waals surface area contributed by atoms with E-state index >= 15 is 0 Å². The standard InChI is InChI=1S/C8H2N2O2.C2F6/c11-3-9-7-5-1-2-6(5)8(7)10-4-12;3-1(4,5)2(6,7)8/h1-2H;. The van der Waals surface area contributed by atoms with E-state index in [9.17, 15) is 35.9 Å². The minimum Gasteiger partial charge on any atom is -0.211 e. The van der Waals surface area contributed by atoms with Crippen LogP contribution in [0.5, 0.6) is 0 Å². The van der Waals surface area contributed by atoms with Crippen LogP contribution in [0.3, 0.4) is 0 Å². The maximum Gasteiger partial charge on any atom is 0.487 e. The number of hydrogen-bond acceptors (Lipinski definition) is 4. The Kier molecular flexibility index (Phi) is 4.12. The van der Waals surface area contributed by atoms with E-state index in [0.29, 0.717) is 11.4 Å². The van der Waals surface area contributed by atoms with Crippen LogP contribution in [0.15, 0.2) is 22.1 Å². The van der Waals surface area contributed by atoms with Gasteiger partial charge in [-0.25, -0.2) is 9.59 Å². The van der Waals surface area contributed by atoms with Crippen LogP contribution in [0, 0.1) is 0 Å². The van der Waals surface area contributed by atoms with Gasteiger partial charge in [-0.3, -0.25) is 0 Å². The zero-order valence-corrected chi connectivity index (χ0v) is 9.13. The van der Waals surface area contributed by atoms with Crippen LogP contribution in [0.4, 0.5) is 37.7 Å². The minimum absolute atomic E-state index is 0.436. The molecule has 0 aromatic rings. The van der Waals surface area contributed by atoms with Crippen molar-refractivity contribution in [2.24, 2.45) is 9.98 Å². The Hall–Kier alpha value is -2.44. The van der Waals surface area contributed by atoms with Gasteiger partial charge in [-0.05, 0) is 0 Å². The lowest BCUT2D eigenvalue weighted by Crippen LogP contribution is -2.30. The lowest BCUT2D eigenvalue weighted by atomic mass is 9.88. The van der Waals surface area contributed by atoms with E-state index in [0.717, 1.165) is 11.1 Å². The van der Waals surface area contributed by atoms with Crippen LogP contribution in [0.25, 0.3) is 11.1 Å². The summed E-state index contributed by atoms with van der Waals surface area (Å²) < 4.78 is 62.6. The van der Waals surface area contributed by atoms with Gasteiger partial charge in [0.15, 0.2) is 0 Å². The quantitative estimate of drug-likeness (QED) is 0.482. The predicted octanol–water partition coefficient (Wildman–Crippen LogP) is 3.71. The molecule has 0 aromatic heterocycles. The van der Waals surface area contributed by atoms with Crippen LogP contribution in [-0.2, 0) is 9.59 Å². The molecule has 106 valence electrons. The summed E-state index contributed by atoms with van der Waals surface area (Å²) in [6, 6.07) is 3.60. The number of rotatable bonds is 2. The van der Waals surface area contributed by atoms with E-state index in [1.807, 2.05) is 0 Å². The van der Waals surface area contributed by atoms with E-state index in [1.165, 1.54) is 12.2 Å². The van der Waals surface area contributed by atoms with E-state index in [-0.39, 0.29) is 0 Å². The Morgan fingerprint density at radius 3 is 1.20 bits per heavy atom. The van der Waals surface area contributed by atoms with E-state index in [1.54, 1.807) is 12.1 Å². The molecule has 2 aliphatic carbocycles. The summed E-state index contributed by atoms with van der Waals surface area (Å²) in [5.74, 6) is 0. The molecule has 10 heteroatoms. The van der Waals surface area contributed by atoms with Crippen molar-refractivity contribution in [3.63, 3.8) is 0 Å². The molecular formula is C10H2F6N2O2. The highest BCUT2D eigenvalue weighted by molar-refractivity contribution is 6.05. The zero-order valence-electron chi connectivity index (χ0n) is 9.13. The number of isocyanates is 2. The average molecular weight is 296 g/mol. The van der Waals surface area contributed by atoms with Crippen LogP contribution in [0.2, 0.25) is 0 Å². The predicted molar refractivity (Wildman–Crippen MR) is 53.1 cm³/mol. The molecule has 0 bridgehead atoms. The molecule has 0 saturated heterocycles. The molecule has 4 nitrogen and oxygen atoms in total. The largest absolute Gasteiger partial charge is 0.487 e. The van der Waals surface area contributed by atoms with E-state index < -0.39 is 12.4 Å². The van der Waals surface area contributed by atoms with Gasteiger partial charge in [0, 0.05) is 11.1 Å². The summed E-state index contributed by atoms with van der Waals surface area (Å²) in [5, 5.41) is 0. The summed E-state index contributed by atoms with van der Waals surface area (Å²) in [4.78, 5) is 26.7. The molecule has 0 aromatic carbocycles. The maximum absolute atomic E-state index is 10.4. The Bertz CT molecular complexity index is 567. The lowest BCUT2D eigenvalue weighted by Gasteiger charge is -2.20. The smallest absolute Gasteiger partial charge is 0.211 e. The first-order valence-electron chi connectivity index (χ1n) is 4.60. The second kappa shape index (κ2) is 5.28. The van der Waals surface area contributed by atoms with Crippen molar-refractivity contribution in [3.8, 4) is 11.1 Å². The molecule has 0 N–H and O–H groups in total. The van der Waals surface area contributed by atoms with Gasteiger partial charge in [0.05, 0.1) is 0 Å². The average Bonchev–Trinajstić information content (AvgIpc) is 2.25. The Labute approximate surface area is 106 Å². The fourth-order valence-corrected chi connectivity index (χ4v) is 1.17. The van der Waals surface area contributed by atoms with Crippen LogP contribution in [0.1, 0.15) is 0 Å². The third-order valence-electron chi connectivity index (χ3n) is 2.08. The third kappa shape index (κ3) is 2.93.